The Morgan fingerprint density at radius 1 is 1.12 bits per heavy atom. The molecule has 0 saturated carbocycles. The second-order valence-corrected chi connectivity index (χ2v) is 8.80. The molecule has 2 atom stereocenters. The van der Waals surface area contributed by atoms with Gasteiger partial charge < -0.3 is 15.2 Å². The van der Waals surface area contributed by atoms with Crippen molar-refractivity contribution in [2.24, 2.45) is 0 Å². The number of aliphatic carboxylic acids is 1. The highest BCUT2D eigenvalue weighted by Crippen LogP contribution is 2.44. The van der Waals surface area contributed by atoms with Crippen LogP contribution in [0.4, 0.5) is 4.79 Å². The number of alkyl carbamates (subject to hydrolysis) is 1. The molecule has 0 spiro atoms. The molecule has 3 amide bonds. The minimum Gasteiger partial charge on any atom is -0.480 e. The number of fused-ring (bicyclic) bond motifs is 3. The summed E-state index contributed by atoms with van der Waals surface area (Å²) in [6.07, 6.45) is -0.363. The van der Waals surface area contributed by atoms with E-state index in [2.05, 4.69) is 10.7 Å². The van der Waals surface area contributed by atoms with E-state index in [4.69, 9.17) is 4.74 Å². The van der Waals surface area contributed by atoms with Crippen LogP contribution in [0.5, 0.6) is 0 Å². The molecule has 2 aliphatic rings. The Kier molecular flexibility index (Phi) is 6.28. The van der Waals surface area contributed by atoms with Gasteiger partial charge in [-0.25, -0.2) is 14.6 Å². The highest BCUT2D eigenvalue weighted by Gasteiger charge is 2.46. The van der Waals surface area contributed by atoms with Crippen LogP contribution >= 0.6 is 0 Å². The van der Waals surface area contributed by atoms with Crippen molar-refractivity contribution in [3.8, 4) is 11.1 Å². The first-order chi connectivity index (χ1) is 16.2. The fourth-order valence-corrected chi connectivity index (χ4v) is 4.76. The van der Waals surface area contributed by atoms with Gasteiger partial charge in [-0.3, -0.25) is 15.0 Å². The van der Waals surface area contributed by atoms with Crippen LogP contribution in [0.15, 0.2) is 48.5 Å². The Hall–Kier alpha value is -3.88. The van der Waals surface area contributed by atoms with Gasteiger partial charge in [0, 0.05) is 5.92 Å². The maximum absolute atomic E-state index is 13.2. The van der Waals surface area contributed by atoms with Crippen molar-refractivity contribution < 1.29 is 29.0 Å². The molecule has 0 bridgehead atoms. The quantitative estimate of drug-likeness (QED) is 0.578. The summed E-state index contributed by atoms with van der Waals surface area (Å²) in [4.78, 5) is 49.3. The molecule has 1 aliphatic heterocycles. The summed E-state index contributed by atoms with van der Waals surface area (Å²) in [5.74, 6) is -2.71. The lowest BCUT2D eigenvalue weighted by molar-refractivity contribution is -0.153. The number of carboxylic acids is 1. The average molecular weight is 466 g/mol. The number of hydrogen-bond donors (Lipinski definition) is 3. The molecule has 9 nitrogen and oxygen atoms in total. The molecule has 2 aromatic rings. The number of hydrogen-bond acceptors (Lipinski definition) is 5. The van der Waals surface area contributed by atoms with Crippen LogP contribution in [0.25, 0.3) is 11.1 Å². The monoisotopic (exact) mass is 465 g/mol. The van der Waals surface area contributed by atoms with Crippen molar-refractivity contribution in [3.63, 3.8) is 0 Å². The van der Waals surface area contributed by atoms with Gasteiger partial charge in [-0.2, -0.15) is 0 Å². The molecule has 2 unspecified atom stereocenters. The largest absolute Gasteiger partial charge is 0.480 e. The summed E-state index contributed by atoms with van der Waals surface area (Å²) in [6, 6.07) is 14.6. The zero-order valence-corrected chi connectivity index (χ0v) is 19.0. The van der Waals surface area contributed by atoms with E-state index in [9.17, 15) is 24.3 Å². The van der Waals surface area contributed by atoms with Crippen LogP contribution < -0.4 is 10.7 Å². The van der Waals surface area contributed by atoms with E-state index < -0.39 is 35.5 Å². The van der Waals surface area contributed by atoms with Crippen LogP contribution in [0.1, 0.15) is 50.2 Å². The van der Waals surface area contributed by atoms with Crippen LogP contribution in [0.2, 0.25) is 0 Å². The van der Waals surface area contributed by atoms with Gasteiger partial charge in [-0.15, -0.1) is 0 Å². The van der Waals surface area contributed by atoms with Crippen LogP contribution in [0, 0.1) is 0 Å². The van der Waals surface area contributed by atoms with Gasteiger partial charge in [-0.1, -0.05) is 61.9 Å². The predicted octanol–water partition coefficient (Wildman–Crippen LogP) is 2.80. The molecule has 34 heavy (non-hydrogen) atoms. The second kappa shape index (κ2) is 9.17. The number of carbonyl (C=O) groups is 4. The van der Waals surface area contributed by atoms with Crippen LogP contribution in [0.3, 0.4) is 0 Å². The number of carbonyl (C=O) groups excluding carboxylic acids is 3. The third-order valence-electron chi connectivity index (χ3n) is 6.38. The van der Waals surface area contributed by atoms with E-state index in [1.807, 2.05) is 55.5 Å². The Morgan fingerprint density at radius 2 is 1.71 bits per heavy atom. The zero-order chi connectivity index (χ0) is 24.5. The first-order valence-corrected chi connectivity index (χ1v) is 11.2. The SMILES string of the molecule is CCCC(C)(NC(=O)OCC1c2ccccc2-c2ccccc21)C(=O)N1NC(=O)CC1C(=O)O. The summed E-state index contributed by atoms with van der Waals surface area (Å²) < 4.78 is 5.57. The van der Waals surface area contributed by atoms with E-state index in [1.165, 1.54) is 6.92 Å². The highest BCUT2D eigenvalue weighted by atomic mass is 16.5. The number of nitrogens with one attached hydrogen (secondary N) is 2. The van der Waals surface area contributed by atoms with Crippen molar-refractivity contribution in [1.82, 2.24) is 15.8 Å². The molecule has 9 heteroatoms. The zero-order valence-electron chi connectivity index (χ0n) is 19.0. The van der Waals surface area contributed by atoms with Gasteiger partial charge in [0.1, 0.15) is 12.1 Å². The maximum atomic E-state index is 13.2. The number of nitrogens with zero attached hydrogens (tertiary/aromatic N) is 1. The topological polar surface area (TPSA) is 125 Å². The molecule has 0 radical (unpaired) electrons. The minimum absolute atomic E-state index is 0.0778. The Bertz CT molecular complexity index is 1100. The number of hydrazine groups is 1. The average Bonchev–Trinajstić information content (AvgIpc) is 3.35. The lowest BCUT2D eigenvalue weighted by Crippen LogP contribution is -2.62. The summed E-state index contributed by atoms with van der Waals surface area (Å²) in [6.45, 7) is 3.42. The second-order valence-electron chi connectivity index (χ2n) is 8.80. The third kappa shape index (κ3) is 4.21. The van der Waals surface area contributed by atoms with Crippen molar-refractivity contribution in [2.75, 3.05) is 6.61 Å². The van der Waals surface area contributed by atoms with Gasteiger partial charge in [0.25, 0.3) is 5.91 Å². The summed E-state index contributed by atoms with van der Waals surface area (Å²) in [5.41, 5.74) is 5.16. The molecular formula is C25H27N3O6. The number of carboxylic acid groups (broad SMARTS) is 1. The van der Waals surface area contributed by atoms with Crippen molar-refractivity contribution >= 4 is 23.9 Å². The van der Waals surface area contributed by atoms with E-state index >= 15 is 0 Å². The molecule has 1 heterocycles. The smallest absolute Gasteiger partial charge is 0.408 e. The van der Waals surface area contributed by atoms with E-state index in [0.717, 1.165) is 27.3 Å². The lowest BCUT2D eigenvalue weighted by Gasteiger charge is -2.34. The number of ether oxygens (including phenoxy) is 1. The van der Waals surface area contributed by atoms with E-state index in [1.54, 1.807) is 0 Å². The molecule has 1 aliphatic carbocycles. The van der Waals surface area contributed by atoms with Crippen molar-refractivity contribution in [1.29, 1.82) is 0 Å². The van der Waals surface area contributed by atoms with E-state index in [0.29, 0.717) is 6.42 Å². The summed E-state index contributed by atoms with van der Waals surface area (Å²) in [7, 11) is 0. The highest BCUT2D eigenvalue weighted by molar-refractivity contribution is 5.98. The minimum atomic E-state index is -1.46. The molecular weight excluding hydrogens is 438 g/mol. The lowest BCUT2D eigenvalue weighted by atomic mass is 9.94. The summed E-state index contributed by atoms with van der Waals surface area (Å²) >= 11 is 0. The van der Waals surface area contributed by atoms with Crippen molar-refractivity contribution in [3.05, 3.63) is 59.7 Å². The first-order valence-electron chi connectivity index (χ1n) is 11.2. The standard InChI is InChI=1S/C25H27N3O6/c1-3-12-25(2,23(32)28-20(22(30)31)13-21(29)27-28)26-24(33)34-14-19-17-10-6-4-8-15(17)16-9-5-7-11-18(16)19/h4-11,19-20H,3,12-14H2,1-2H3,(H,26,33)(H,27,29)(H,30,31). The van der Waals surface area contributed by atoms with Gasteiger partial charge in [0.15, 0.2) is 6.04 Å². The van der Waals surface area contributed by atoms with Crippen molar-refractivity contribution in [2.45, 2.75) is 50.6 Å². The fourth-order valence-electron chi connectivity index (χ4n) is 4.76. The molecule has 4 rings (SSSR count). The summed E-state index contributed by atoms with van der Waals surface area (Å²) in [5, 5.41) is 12.8. The Labute approximate surface area is 197 Å². The number of rotatable bonds is 7. The Morgan fingerprint density at radius 3 is 2.26 bits per heavy atom. The van der Waals surface area contributed by atoms with Gasteiger partial charge in [-0.05, 0) is 35.6 Å². The van der Waals surface area contributed by atoms with Gasteiger partial charge >= 0.3 is 12.1 Å². The number of benzene rings is 2. The predicted molar refractivity (Wildman–Crippen MR) is 123 cm³/mol. The van der Waals surface area contributed by atoms with E-state index in [-0.39, 0.29) is 25.4 Å². The number of amides is 3. The molecule has 2 aromatic carbocycles. The molecule has 1 saturated heterocycles. The molecule has 3 N–H and O–H groups in total. The molecule has 0 aromatic heterocycles. The van der Waals surface area contributed by atoms with Crippen LogP contribution in [-0.4, -0.2) is 52.2 Å². The first kappa shape index (κ1) is 23.3. The normalized spacial score (nSPS) is 18.5. The fraction of sp³-hybridized carbons (Fsp3) is 0.360. The van der Waals surface area contributed by atoms with Crippen LogP contribution in [-0.2, 0) is 19.1 Å². The van der Waals surface area contributed by atoms with Gasteiger partial charge in [0.2, 0.25) is 5.91 Å². The van der Waals surface area contributed by atoms with Gasteiger partial charge in [0.05, 0.1) is 6.42 Å². The Balaban J connectivity index is 1.48. The molecule has 1 fully saturated rings. The molecule has 178 valence electrons. The maximum Gasteiger partial charge on any atom is 0.408 e. The third-order valence-corrected chi connectivity index (χ3v) is 6.38.